The minimum absolute atomic E-state index is 0.170. The molecule has 1 aromatic rings. The van der Waals surface area contributed by atoms with Gasteiger partial charge in [-0.2, -0.15) is 0 Å². The van der Waals surface area contributed by atoms with Gasteiger partial charge in [0.05, 0.1) is 0 Å². The Morgan fingerprint density at radius 3 is 2.88 bits per heavy atom. The molecule has 88 valence electrons. The van der Waals surface area contributed by atoms with Crippen molar-refractivity contribution >= 4 is 0 Å². The van der Waals surface area contributed by atoms with E-state index in [9.17, 15) is 8.78 Å². The Labute approximate surface area is 94.9 Å². The van der Waals surface area contributed by atoms with Crippen LogP contribution >= 0.6 is 0 Å². The molecule has 0 aromatic heterocycles. The maximum atomic E-state index is 13.6. The molecule has 0 radical (unpaired) electrons. The molecule has 0 aliphatic heterocycles. The van der Waals surface area contributed by atoms with E-state index in [1.54, 1.807) is 0 Å². The van der Waals surface area contributed by atoms with E-state index in [2.05, 4.69) is 5.32 Å². The molecule has 1 saturated carbocycles. The third-order valence-electron chi connectivity index (χ3n) is 3.48. The minimum atomic E-state index is -0.341. The van der Waals surface area contributed by atoms with Crippen molar-refractivity contribution in [3.05, 3.63) is 35.4 Å². The number of halogens is 2. The number of nitrogens with one attached hydrogen (secondary N) is 1. The SMILES string of the molecule is CNCC1CCCC1c1cc(F)ccc1F. The maximum Gasteiger partial charge on any atom is 0.126 e. The zero-order valence-electron chi connectivity index (χ0n) is 9.47. The van der Waals surface area contributed by atoms with Crippen LogP contribution in [0.3, 0.4) is 0 Å². The predicted octanol–water partition coefficient (Wildman–Crippen LogP) is 3.07. The molecule has 1 aliphatic rings. The largest absolute Gasteiger partial charge is 0.319 e. The molecule has 2 unspecified atom stereocenters. The van der Waals surface area contributed by atoms with E-state index in [1.165, 1.54) is 18.2 Å². The molecule has 0 bridgehead atoms. The van der Waals surface area contributed by atoms with E-state index < -0.39 is 0 Å². The second-order valence-corrected chi connectivity index (χ2v) is 4.52. The van der Waals surface area contributed by atoms with Crippen LogP contribution in [-0.4, -0.2) is 13.6 Å². The summed E-state index contributed by atoms with van der Waals surface area (Å²) in [4.78, 5) is 0. The Balaban J connectivity index is 2.25. The third-order valence-corrected chi connectivity index (χ3v) is 3.48. The van der Waals surface area contributed by atoms with Crippen LogP contribution in [0.4, 0.5) is 8.78 Å². The van der Waals surface area contributed by atoms with Crippen molar-refractivity contribution in [1.29, 1.82) is 0 Å². The van der Waals surface area contributed by atoms with Gasteiger partial charge in [0.25, 0.3) is 0 Å². The van der Waals surface area contributed by atoms with Gasteiger partial charge in [-0.05, 0) is 62.0 Å². The number of rotatable bonds is 3. The topological polar surface area (TPSA) is 12.0 Å². The number of hydrogen-bond acceptors (Lipinski definition) is 1. The van der Waals surface area contributed by atoms with Gasteiger partial charge in [-0.25, -0.2) is 8.78 Å². The first-order chi connectivity index (χ1) is 7.72. The lowest BCUT2D eigenvalue weighted by molar-refractivity contribution is 0.444. The van der Waals surface area contributed by atoms with Gasteiger partial charge in [-0.1, -0.05) is 6.42 Å². The van der Waals surface area contributed by atoms with Crippen molar-refractivity contribution in [2.24, 2.45) is 5.92 Å². The first kappa shape index (κ1) is 11.5. The molecule has 1 N–H and O–H groups in total. The van der Waals surface area contributed by atoms with Crippen LogP contribution in [0.15, 0.2) is 18.2 Å². The summed E-state index contributed by atoms with van der Waals surface area (Å²) in [6, 6.07) is 3.77. The van der Waals surface area contributed by atoms with Gasteiger partial charge in [0.15, 0.2) is 0 Å². The van der Waals surface area contributed by atoms with E-state index in [-0.39, 0.29) is 17.6 Å². The van der Waals surface area contributed by atoms with Crippen molar-refractivity contribution < 1.29 is 8.78 Å². The predicted molar refractivity (Wildman–Crippen MR) is 60.4 cm³/mol. The second kappa shape index (κ2) is 4.91. The van der Waals surface area contributed by atoms with Crippen LogP contribution in [-0.2, 0) is 0 Å². The van der Waals surface area contributed by atoms with Crippen molar-refractivity contribution in [2.75, 3.05) is 13.6 Å². The molecule has 16 heavy (non-hydrogen) atoms. The summed E-state index contributed by atoms with van der Waals surface area (Å²) in [6.45, 7) is 0.876. The highest BCUT2D eigenvalue weighted by molar-refractivity contribution is 5.24. The summed E-state index contributed by atoms with van der Waals surface area (Å²) < 4.78 is 26.8. The van der Waals surface area contributed by atoms with Gasteiger partial charge in [-0.15, -0.1) is 0 Å². The molecule has 2 atom stereocenters. The summed E-state index contributed by atoms with van der Waals surface area (Å²) in [5.41, 5.74) is 0.553. The average Bonchev–Trinajstić information content (AvgIpc) is 2.70. The van der Waals surface area contributed by atoms with Crippen molar-refractivity contribution in [3.8, 4) is 0 Å². The second-order valence-electron chi connectivity index (χ2n) is 4.52. The quantitative estimate of drug-likeness (QED) is 0.833. The van der Waals surface area contributed by atoms with Gasteiger partial charge in [0.2, 0.25) is 0 Å². The Hall–Kier alpha value is -0.960. The van der Waals surface area contributed by atoms with Gasteiger partial charge >= 0.3 is 0 Å². The minimum Gasteiger partial charge on any atom is -0.319 e. The van der Waals surface area contributed by atoms with E-state index in [4.69, 9.17) is 0 Å². The number of hydrogen-bond donors (Lipinski definition) is 1. The molecule has 0 spiro atoms. The maximum absolute atomic E-state index is 13.6. The standard InChI is InChI=1S/C13H17F2N/c1-16-8-9-3-2-4-11(9)12-7-10(14)5-6-13(12)15/h5-7,9,11,16H,2-4,8H2,1H3. The molecule has 1 aromatic carbocycles. The van der Waals surface area contributed by atoms with E-state index in [0.717, 1.165) is 25.8 Å². The van der Waals surface area contributed by atoms with Gasteiger partial charge in [-0.3, -0.25) is 0 Å². The highest BCUT2D eigenvalue weighted by Crippen LogP contribution is 2.40. The lowest BCUT2D eigenvalue weighted by atomic mass is 9.88. The summed E-state index contributed by atoms with van der Waals surface area (Å²) in [7, 11) is 1.90. The summed E-state index contributed by atoms with van der Waals surface area (Å²) in [5.74, 6) is -0.00893. The Bertz CT molecular complexity index is 365. The van der Waals surface area contributed by atoms with Gasteiger partial charge in [0, 0.05) is 0 Å². The van der Waals surface area contributed by atoms with Crippen LogP contribution in [0.1, 0.15) is 30.7 Å². The fraction of sp³-hybridized carbons (Fsp3) is 0.538. The molecule has 2 rings (SSSR count). The van der Waals surface area contributed by atoms with Crippen LogP contribution in [0.25, 0.3) is 0 Å². The van der Waals surface area contributed by atoms with Crippen molar-refractivity contribution in [2.45, 2.75) is 25.2 Å². The average molecular weight is 225 g/mol. The highest BCUT2D eigenvalue weighted by Gasteiger charge is 2.30. The smallest absolute Gasteiger partial charge is 0.126 e. The van der Waals surface area contributed by atoms with Crippen molar-refractivity contribution in [1.82, 2.24) is 5.32 Å². The molecule has 0 amide bonds. The van der Waals surface area contributed by atoms with Gasteiger partial charge in [0.1, 0.15) is 11.6 Å². The molecule has 1 aliphatic carbocycles. The molecular formula is C13H17F2N. The first-order valence-corrected chi connectivity index (χ1v) is 5.82. The monoisotopic (exact) mass is 225 g/mol. The van der Waals surface area contributed by atoms with Crippen LogP contribution in [0.2, 0.25) is 0 Å². The molecule has 1 fully saturated rings. The molecule has 0 heterocycles. The summed E-state index contributed by atoms with van der Waals surface area (Å²) >= 11 is 0. The highest BCUT2D eigenvalue weighted by atomic mass is 19.1. The fourth-order valence-corrected chi connectivity index (χ4v) is 2.75. The van der Waals surface area contributed by atoms with Crippen LogP contribution in [0, 0.1) is 17.6 Å². The zero-order valence-corrected chi connectivity index (χ0v) is 9.47. The van der Waals surface area contributed by atoms with Crippen LogP contribution < -0.4 is 5.32 Å². The Morgan fingerprint density at radius 2 is 2.12 bits per heavy atom. The Kier molecular flexibility index (Phi) is 3.54. The van der Waals surface area contributed by atoms with Crippen molar-refractivity contribution in [3.63, 3.8) is 0 Å². The van der Waals surface area contributed by atoms with E-state index >= 15 is 0 Å². The number of benzene rings is 1. The van der Waals surface area contributed by atoms with Gasteiger partial charge < -0.3 is 5.32 Å². The van der Waals surface area contributed by atoms with E-state index in [1.807, 2.05) is 7.05 Å². The normalized spacial score (nSPS) is 24.9. The van der Waals surface area contributed by atoms with Crippen LogP contribution in [0.5, 0.6) is 0 Å². The summed E-state index contributed by atoms with van der Waals surface area (Å²) in [5, 5.41) is 3.13. The molecule has 1 nitrogen and oxygen atoms in total. The molecule has 0 saturated heterocycles. The fourth-order valence-electron chi connectivity index (χ4n) is 2.75. The Morgan fingerprint density at radius 1 is 1.31 bits per heavy atom. The first-order valence-electron chi connectivity index (χ1n) is 5.82. The molecular weight excluding hydrogens is 208 g/mol. The zero-order chi connectivity index (χ0) is 11.5. The summed E-state index contributed by atoms with van der Waals surface area (Å²) in [6.07, 6.45) is 3.17. The lowest BCUT2D eigenvalue weighted by Gasteiger charge is -2.20. The lowest BCUT2D eigenvalue weighted by Crippen LogP contribution is -2.21. The van der Waals surface area contributed by atoms with E-state index in [0.29, 0.717) is 11.5 Å². The third kappa shape index (κ3) is 2.24. The molecule has 3 heteroatoms.